The molecule has 0 radical (unpaired) electrons. The van der Waals surface area contributed by atoms with Crippen molar-refractivity contribution in [2.75, 3.05) is 71.2 Å². The molecule has 4 aliphatic rings. The molecule has 9 heterocycles. The van der Waals surface area contributed by atoms with Crippen molar-refractivity contribution in [2.24, 2.45) is 13.0 Å². The molecule has 79 heavy (non-hydrogen) atoms. The number of rotatable bonds is 22. The molecule has 42 heteroatoms. The summed E-state index contributed by atoms with van der Waals surface area (Å²) in [5.74, 6) is -1.22. The molecule has 5 aromatic heterocycles. The molecule has 16 atom stereocenters. The molecule has 0 bridgehead atoms. The highest BCUT2D eigenvalue weighted by atomic mass is 31.3. The van der Waals surface area contributed by atoms with Crippen LogP contribution in [0.25, 0.3) is 22.3 Å². The molecule has 5 aromatic rings. The Labute approximate surface area is 441 Å². The van der Waals surface area contributed by atoms with E-state index < -0.39 is 141 Å². The van der Waals surface area contributed by atoms with Crippen LogP contribution in [0.3, 0.4) is 0 Å². The standard InChI is InChI=1S/C37H53N13O25P4/c1-46-16-50(31-23(46)32(55)45-36(39)44-31)33-24(52)17(3-5-47-7-9-66-10-8-47)18(70-33)11-68-77(59,60)74-79(63,64)75-78(61,62)69-13-20-27(28(65-2)35(72-20)49-15-42-22-29(38)40-14-41-30(22)49)73-76(57,58)67-12-19-25(53)26(54)34(71-19)48-6-4-21(51)43-37(48)56/h4,6,14-20,24-28,33-35,52-54H,3,5,7-13H2,1-2H3,(H9-,38,39,40,41,43,44,45,51,55,56,57,58,59,60,61,62,63,64)/p+1/t17-,18-,19-,20-,24-,25-,26-,27-,28-,33?,34-,35-/m1/s1. The maximum absolute atomic E-state index is 13.6. The number of nitrogens with zero attached hydrogens (tertiary/aromatic N) is 9. The predicted molar refractivity (Wildman–Crippen MR) is 257 cm³/mol. The first-order valence-electron chi connectivity index (χ1n) is 23.4. The first kappa shape index (κ1) is 59.0. The third-order valence-corrected chi connectivity index (χ3v) is 18.3. The van der Waals surface area contributed by atoms with Crippen LogP contribution in [-0.4, -0.2) is 192 Å². The van der Waals surface area contributed by atoms with Crippen LogP contribution in [0.15, 0.2) is 45.6 Å². The van der Waals surface area contributed by atoms with Gasteiger partial charge >= 0.3 is 42.6 Å². The average molecular weight is 1200 g/mol. The smallest absolute Gasteiger partial charge is 0.387 e. The summed E-state index contributed by atoms with van der Waals surface area (Å²) in [6.07, 6.45) is -12.8. The van der Waals surface area contributed by atoms with Gasteiger partial charge in [0.2, 0.25) is 11.7 Å². The highest BCUT2D eigenvalue weighted by Crippen LogP contribution is 2.68. The Bertz CT molecular complexity index is 3410. The van der Waals surface area contributed by atoms with E-state index in [9.17, 15) is 67.5 Å². The third-order valence-electron chi connectivity index (χ3n) is 13.0. The lowest BCUT2D eigenvalue weighted by Gasteiger charge is -2.29. The fourth-order valence-corrected chi connectivity index (χ4v) is 13.9. The number of hydrogen-bond donors (Lipinski definition) is 11. The van der Waals surface area contributed by atoms with E-state index in [4.69, 9.17) is 53.2 Å². The molecule has 4 aliphatic heterocycles. The number of nitrogen functional groups attached to an aromatic ring is 2. The normalized spacial score (nSPS) is 30.8. The van der Waals surface area contributed by atoms with E-state index in [1.54, 1.807) is 0 Å². The van der Waals surface area contributed by atoms with E-state index in [0.717, 1.165) is 36.6 Å². The number of nitrogens with one attached hydrogen (secondary N) is 2. The van der Waals surface area contributed by atoms with Crippen LogP contribution in [0.1, 0.15) is 25.1 Å². The molecule has 9 rings (SSSR count). The lowest BCUT2D eigenvalue weighted by atomic mass is 9.94. The highest BCUT2D eigenvalue weighted by Gasteiger charge is 2.54. The fraction of sp³-hybridized carbons (Fsp3) is 0.622. The number of ether oxygens (including phenoxy) is 5. The van der Waals surface area contributed by atoms with Gasteiger partial charge in [-0.25, -0.2) is 42.6 Å². The number of H-pyrrole nitrogens is 2. The van der Waals surface area contributed by atoms with E-state index in [1.165, 1.54) is 27.1 Å². The molecule has 0 aliphatic carbocycles. The molecular formula is C37H54N13O25P4+. The maximum Gasteiger partial charge on any atom is 0.490 e. The molecule has 13 N–H and O–H groups in total. The summed E-state index contributed by atoms with van der Waals surface area (Å²) in [6, 6.07) is 0.929. The minimum atomic E-state index is -6.19. The monoisotopic (exact) mass is 1200 g/mol. The average Bonchev–Trinajstić information content (AvgIpc) is 4.32. The molecule has 0 aromatic carbocycles. The summed E-state index contributed by atoms with van der Waals surface area (Å²) in [6.45, 7) is -0.797. The van der Waals surface area contributed by atoms with Crippen molar-refractivity contribution in [1.82, 2.24) is 48.5 Å². The summed E-state index contributed by atoms with van der Waals surface area (Å²) < 4.78 is 116. The van der Waals surface area contributed by atoms with Crippen molar-refractivity contribution in [3.05, 3.63) is 62.4 Å². The van der Waals surface area contributed by atoms with E-state index in [-0.39, 0.29) is 40.5 Å². The van der Waals surface area contributed by atoms with Gasteiger partial charge in [-0.3, -0.25) is 56.3 Å². The first-order chi connectivity index (χ1) is 37.2. The van der Waals surface area contributed by atoms with Gasteiger partial charge in [0.25, 0.3) is 17.1 Å². The number of fused-ring (bicyclic) bond motifs is 2. The van der Waals surface area contributed by atoms with Crippen LogP contribution in [0.4, 0.5) is 11.8 Å². The van der Waals surface area contributed by atoms with Crippen LogP contribution in [0.5, 0.6) is 0 Å². The van der Waals surface area contributed by atoms with Gasteiger partial charge < -0.3 is 70.0 Å². The fourth-order valence-electron chi connectivity index (χ4n) is 9.39. The summed E-state index contributed by atoms with van der Waals surface area (Å²) in [7, 11) is -20.8. The number of imidazole rings is 2. The topological polar surface area (TPSA) is 520 Å². The summed E-state index contributed by atoms with van der Waals surface area (Å²) in [5.41, 5.74) is 9.48. The van der Waals surface area contributed by atoms with E-state index in [2.05, 4.69) is 33.5 Å². The molecule has 0 saturated carbocycles. The van der Waals surface area contributed by atoms with Gasteiger partial charge in [0, 0.05) is 38.4 Å². The molecule has 0 spiro atoms. The van der Waals surface area contributed by atoms with Gasteiger partial charge in [-0.15, -0.1) is 0 Å². The van der Waals surface area contributed by atoms with Crippen molar-refractivity contribution >= 4 is 65.4 Å². The van der Waals surface area contributed by atoms with Crippen LogP contribution >= 0.6 is 31.3 Å². The molecule has 436 valence electrons. The number of aliphatic hydroxyl groups excluding tert-OH is 3. The maximum atomic E-state index is 13.6. The van der Waals surface area contributed by atoms with Crippen LogP contribution < -0.4 is 32.8 Å². The number of aromatic amines is 2. The van der Waals surface area contributed by atoms with Gasteiger partial charge in [-0.1, -0.05) is 4.98 Å². The van der Waals surface area contributed by atoms with Gasteiger partial charge in [0.1, 0.15) is 54.6 Å². The second-order valence-corrected chi connectivity index (χ2v) is 24.2. The molecule has 38 nitrogen and oxygen atoms in total. The molecular weight excluding hydrogens is 1150 g/mol. The van der Waals surface area contributed by atoms with Crippen LogP contribution in [0.2, 0.25) is 0 Å². The quantitative estimate of drug-likeness (QED) is 0.0233. The van der Waals surface area contributed by atoms with Gasteiger partial charge in [0.15, 0.2) is 30.2 Å². The third kappa shape index (κ3) is 13.0. The summed E-state index contributed by atoms with van der Waals surface area (Å²) >= 11 is 0. The molecule has 4 saturated heterocycles. The van der Waals surface area contributed by atoms with Crippen LogP contribution in [0, 0.1) is 5.92 Å². The van der Waals surface area contributed by atoms with Crippen molar-refractivity contribution in [3.63, 3.8) is 0 Å². The number of hydrogen-bond acceptors (Lipinski definition) is 28. The SMILES string of the molecule is CO[C@@H]1[C@H](OP(=O)(O)OC[C@H]2O[C@@H](n3ccc(=O)[nH]c3=O)[C@H](O)[C@@H]2O)[C@@H](COP(=O)(O)OP(=O)(O)OP(=O)(O)OC[C@H]2OC([n+]3cn(C)c4c(=O)[nH]c(N)nc43)[C@H](O)[C@@H]2CCN2CCOCC2)O[C@H]1n1cnc2c(N)ncnc21. The minimum absolute atomic E-state index is 0.0116. The number of nitrogens with two attached hydrogens (primary N) is 2. The number of aryl methyl sites for hydroxylation is 1. The number of anilines is 2. The molecule has 0 amide bonds. The van der Waals surface area contributed by atoms with Gasteiger partial charge in [0.05, 0.1) is 52.5 Å². The Kier molecular flexibility index (Phi) is 17.4. The summed E-state index contributed by atoms with van der Waals surface area (Å²) in [4.78, 5) is 102. The number of methoxy groups -OCH3 is 1. The zero-order chi connectivity index (χ0) is 56.9. The predicted octanol–water partition coefficient (Wildman–Crippen LogP) is -3.90. The number of phosphoric ester groups is 3. The molecule has 5 unspecified atom stereocenters. The van der Waals surface area contributed by atoms with Crippen molar-refractivity contribution in [3.8, 4) is 0 Å². The number of aliphatic hydroxyl groups is 3. The van der Waals surface area contributed by atoms with Gasteiger partial charge in [-0.05, 0) is 13.0 Å². The highest BCUT2D eigenvalue weighted by molar-refractivity contribution is 7.66. The lowest BCUT2D eigenvalue weighted by Crippen LogP contribution is -2.45. The second kappa shape index (κ2) is 23.3. The van der Waals surface area contributed by atoms with E-state index >= 15 is 0 Å². The number of phosphoric acid groups is 4. The number of aromatic nitrogens is 10. The Balaban J connectivity index is 0.873. The Hall–Kier alpha value is -4.66. The number of morpholine rings is 1. The zero-order valence-electron chi connectivity index (χ0n) is 41.1. The van der Waals surface area contributed by atoms with Crippen LogP contribution in [-0.2, 0) is 75.7 Å². The zero-order valence-corrected chi connectivity index (χ0v) is 44.7. The van der Waals surface area contributed by atoms with E-state index in [1.807, 2.05) is 9.88 Å². The van der Waals surface area contributed by atoms with Crippen molar-refractivity contribution in [2.45, 2.75) is 73.9 Å². The van der Waals surface area contributed by atoms with Crippen molar-refractivity contribution in [1.29, 1.82) is 0 Å². The van der Waals surface area contributed by atoms with Gasteiger partial charge in [-0.2, -0.15) is 8.62 Å². The lowest BCUT2D eigenvalue weighted by molar-refractivity contribution is -0.745. The summed E-state index contributed by atoms with van der Waals surface area (Å²) in [5, 5.41) is 33.0. The molecule has 4 fully saturated rings. The van der Waals surface area contributed by atoms with E-state index in [0.29, 0.717) is 32.8 Å². The Morgan fingerprint density at radius 3 is 2.13 bits per heavy atom. The van der Waals surface area contributed by atoms with Crippen molar-refractivity contribution < 1.29 is 108 Å². The largest absolute Gasteiger partial charge is 0.490 e. The Morgan fingerprint density at radius 2 is 1.44 bits per heavy atom. The first-order valence-corrected chi connectivity index (χ1v) is 29.4. The second-order valence-electron chi connectivity index (χ2n) is 18.1. The minimum Gasteiger partial charge on any atom is -0.387 e. The Morgan fingerprint density at radius 1 is 0.785 bits per heavy atom.